The summed E-state index contributed by atoms with van der Waals surface area (Å²) in [5, 5.41) is 4.08. The molecule has 2 heterocycles. The van der Waals surface area contributed by atoms with E-state index in [1.54, 1.807) is 11.3 Å². The van der Waals surface area contributed by atoms with Crippen LogP contribution in [0.3, 0.4) is 0 Å². The summed E-state index contributed by atoms with van der Waals surface area (Å²) >= 11 is 3.18. The van der Waals surface area contributed by atoms with Gasteiger partial charge in [-0.1, -0.05) is 11.3 Å². The summed E-state index contributed by atoms with van der Waals surface area (Å²) in [7, 11) is 2.00. The molecule has 0 fully saturated rings. The monoisotopic (exact) mass is 293 g/mol. The molecule has 0 spiro atoms. The quantitative estimate of drug-likeness (QED) is 0.872. The molecule has 6 heteroatoms. The molecule has 3 rings (SSSR count). The minimum Gasteiger partial charge on any atom is -0.345 e. The van der Waals surface area contributed by atoms with Crippen LogP contribution in [-0.2, 0) is 13.0 Å². The summed E-state index contributed by atoms with van der Waals surface area (Å²) < 4.78 is 0. The van der Waals surface area contributed by atoms with Gasteiger partial charge in [0.2, 0.25) is 0 Å². The number of aromatic nitrogens is 2. The summed E-state index contributed by atoms with van der Waals surface area (Å²) in [5.41, 5.74) is 2.04. The van der Waals surface area contributed by atoms with Gasteiger partial charge in [0.1, 0.15) is 0 Å². The van der Waals surface area contributed by atoms with E-state index >= 15 is 0 Å². The third kappa shape index (κ3) is 2.55. The number of carbonyl (C=O) groups excluding carboxylic acids is 1. The molecule has 19 heavy (non-hydrogen) atoms. The Morgan fingerprint density at radius 2 is 2.21 bits per heavy atom. The zero-order valence-corrected chi connectivity index (χ0v) is 12.6. The maximum absolute atomic E-state index is 11.8. The van der Waals surface area contributed by atoms with Crippen molar-refractivity contribution in [1.29, 1.82) is 0 Å². The van der Waals surface area contributed by atoms with E-state index in [-0.39, 0.29) is 5.78 Å². The molecule has 0 N–H and O–H groups in total. The molecule has 2 aromatic rings. The number of anilines is 1. The maximum Gasteiger partial charge on any atom is 0.186 e. The maximum atomic E-state index is 11.8. The molecular formula is C13H15N3OS2. The second-order valence-corrected chi connectivity index (χ2v) is 6.80. The van der Waals surface area contributed by atoms with Crippen molar-refractivity contribution in [3.63, 3.8) is 0 Å². The minimum atomic E-state index is 0.253. The van der Waals surface area contributed by atoms with E-state index in [1.165, 1.54) is 11.3 Å². The molecule has 1 aliphatic rings. The molecule has 0 aromatic carbocycles. The highest BCUT2D eigenvalue weighted by molar-refractivity contribution is 7.17. The molecule has 4 nitrogen and oxygen atoms in total. The van der Waals surface area contributed by atoms with Crippen LogP contribution in [0.15, 0.2) is 5.38 Å². The van der Waals surface area contributed by atoms with E-state index in [0.717, 1.165) is 45.8 Å². The Bertz CT molecular complexity index is 617. The van der Waals surface area contributed by atoms with Gasteiger partial charge in [0.05, 0.1) is 27.8 Å². The second-order valence-electron chi connectivity index (χ2n) is 4.76. The fourth-order valence-electron chi connectivity index (χ4n) is 2.21. The van der Waals surface area contributed by atoms with Crippen molar-refractivity contribution in [2.45, 2.75) is 32.7 Å². The van der Waals surface area contributed by atoms with Crippen LogP contribution in [0.1, 0.15) is 38.9 Å². The molecule has 0 radical (unpaired) electrons. The molecule has 1 aliphatic carbocycles. The zero-order valence-electron chi connectivity index (χ0n) is 11.0. The predicted octanol–water partition coefficient (Wildman–Crippen LogP) is 3.06. The predicted molar refractivity (Wildman–Crippen MR) is 78.3 cm³/mol. The van der Waals surface area contributed by atoms with Crippen molar-refractivity contribution in [3.05, 3.63) is 26.7 Å². The number of nitrogens with zero attached hydrogens (tertiary/aromatic N) is 3. The number of hydrogen-bond acceptors (Lipinski definition) is 6. The number of fused-ring (bicyclic) bond motifs is 1. The van der Waals surface area contributed by atoms with Crippen molar-refractivity contribution in [2.75, 3.05) is 11.9 Å². The molecule has 2 aromatic heterocycles. The van der Waals surface area contributed by atoms with Crippen LogP contribution in [-0.4, -0.2) is 22.8 Å². The molecule has 100 valence electrons. The van der Waals surface area contributed by atoms with Crippen molar-refractivity contribution >= 4 is 33.6 Å². The van der Waals surface area contributed by atoms with Gasteiger partial charge in [-0.05, 0) is 19.8 Å². The van der Waals surface area contributed by atoms with E-state index in [4.69, 9.17) is 0 Å². The van der Waals surface area contributed by atoms with Gasteiger partial charge < -0.3 is 4.90 Å². The minimum absolute atomic E-state index is 0.253. The van der Waals surface area contributed by atoms with Gasteiger partial charge in [0.15, 0.2) is 10.9 Å². The van der Waals surface area contributed by atoms with Crippen LogP contribution in [0.25, 0.3) is 0 Å². The third-order valence-corrected chi connectivity index (χ3v) is 5.22. The molecule has 0 saturated carbocycles. The normalized spacial score (nSPS) is 14.5. The lowest BCUT2D eigenvalue weighted by molar-refractivity contribution is 0.0976. The Balaban J connectivity index is 1.80. The van der Waals surface area contributed by atoms with E-state index in [9.17, 15) is 4.79 Å². The van der Waals surface area contributed by atoms with E-state index < -0.39 is 0 Å². The average molecular weight is 293 g/mol. The number of rotatable bonds is 3. The second kappa shape index (κ2) is 5.02. The van der Waals surface area contributed by atoms with E-state index in [2.05, 4.69) is 20.2 Å². The summed E-state index contributed by atoms with van der Waals surface area (Å²) in [6.07, 6.45) is 2.54. The summed E-state index contributed by atoms with van der Waals surface area (Å²) in [4.78, 5) is 23.8. The first-order chi connectivity index (χ1) is 9.13. The first kappa shape index (κ1) is 12.7. The lowest BCUT2D eigenvalue weighted by Crippen LogP contribution is -2.16. The molecule has 0 aliphatic heterocycles. The molecular weight excluding hydrogens is 278 g/mol. The Kier molecular flexibility index (Phi) is 3.36. The SMILES string of the molecule is Cc1nc(CN(C)c2nc3c(s2)C(=O)CCC3)cs1. The van der Waals surface area contributed by atoms with Gasteiger partial charge in [-0.2, -0.15) is 0 Å². The van der Waals surface area contributed by atoms with Gasteiger partial charge in [0.25, 0.3) is 0 Å². The fourth-order valence-corrected chi connectivity index (χ4v) is 3.86. The molecule has 0 saturated heterocycles. The van der Waals surface area contributed by atoms with E-state index in [1.807, 2.05) is 14.0 Å². The molecule has 0 unspecified atom stereocenters. The van der Waals surface area contributed by atoms with Crippen molar-refractivity contribution in [1.82, 2.24) is 9.97 Å². The van der Waals surface area contributed by atoms with Gasteiger partial charge in [-0.3, -0.25) is 4.79 Å². The number of hydrogen-bond donors (Lipinski definition) is 0. The van der Waals surface area contributed by atoms with Crippen LogP contribution in [0.5, 0.6) is 0 Å². The smallest absolute Gasteiger partial charge is 0.186 e. The Labute approximate surface area is 120 Å². The number of carbonyl (C=O) groups is 1. The van der Waals surface area contributed by atoms with Gasteiger partial charge in [-0.25, -0.2) is 9.97 Å². The Hall–Kier alpha value is -1.27. The molecule has 0 bridgehead atoms. The number of ketones is 1. The van der Waals surface area contributed by atoms with Crippen LogP contribution in [0.2, 0.25) is 0 Å². The zero-order chi connectivity index (χ0) is 13.4. The van der Waals surface area contributed by atoms with Gasteiger partial charge in [0, 0.05) is 18.8 Å². The summed E-state index contributed by atoms with van der Waals surface area (Å²) in [6, 6.07) is 0. The third-order valence-electron chi connectivity index (χ3n) is 3.15. The highest BCUT2D eigenvalue weighted by atomic mass is 32.1. The topological polar surface area (TPSA) is 46.1 Å². The van der Waals surface area contributed by atoms with Crippen molar-refractivity contribution in [2.24, 2.45) is 0 Å². The van der Waals surface area contributed by atoms with Gasteiger partial charge in [-0.15, -0.1) is 11.3 Å². The van der Waals surface area contributed by atoms with Crippen LogP contribution >= 0.6 is 22.7 Å². The molecule has 0 atom stereocenters. The van der Waals surface area contributed by atoms with Crippen LogP contribution in [0, 0.1) is 6.92 Å². The molecule has 0 amide bonds. The van der Waals surface area contributed by atoms with Crippen LogP contribution < -0.4 is 4.90 Å². The van der Waals surface area contributed by atoms with Crippen molar-refractivity contribution < 1.29 is 4.79 Å². The largest absolute Gasteiger partial charge is 0.345 e. The number of aryl methyl sites for hydroxylation is 2. The lowest BCUT2D eigenvalue weighted by atomic mass is 10.0. The van der Waals surface area contributed by atoms with Crippen molar-refractivity contribution in [3.8, 4) is 0 Å². The summed E-state index contributed by atoms with van der Waals surface area (Å²) in [5.74, 6) is 0.253. The van der Waals surface area contributed by atoms with E-state index in [0.29, 0.717) is 6.42 Å². The Morgan fingerprint density at radius 1 is 1.37 bits per heavy atom. The fraction of sp³-hybridized carbons (Fsp3) is 0.462. The van der Waals surface area contributed by atoms with Gasteiger partial charge >= 0.3 is 0 Å². The first-order valence-electron chi connectivity index (χ1n) is 6.28. The summed E-state index contributed by atoms with van der Waals surface area (Å²) in [6.45, 7) is 2.75. The Morgan fingerprint density at radius 3 is 2.89 bits per heavy atom. The van der Waals surface area contributed by atoms with Crippen LogP contribution in [0.4, 0.5) is 5.13 Å². The highest BCUT2D eigenvalue weighted by Crippen LogP contribution is 2.31. The first-order valence-corrected chi connectivity index (χ1v) is 7.98. The lowest BCUT2D eigenvalue weighted by Gasteiger charge is -2.13. The number of thiazole rings is 2. The highest BCUT2D eigenvalue weighted by Gasteiger charge is 2.23. The average Bonchev–Trinajstić information content (AvgIpc) is 2.96. The standard InChI is InChI=1S/C13H15N3OS2/c1-8-14-9(7-18-8)6-16(2)13-15-10-4-3-5-11(17)12(10)19-13/h7H,3-6H2,1-2H3. The number of Topliss-reactive ketones (excluding diaryl/α,β-unsaturated/α-hetero) is 1.